The monoisotopic (exact) mass is 278 g/mol. The van der Waals surface area contributed by atoms with Gasteiger partial charge in [0.2, 0.25) is 0 Å². The van der Waals surface area contributed by atoms with Crippen molar-refractivity contribution in [1.82, 2.24) is 10.2 Å². The van der Waals surface area contributed by atoms with Gasteiger partial charge in [-0.25, -0.2) is 4.79 Å². The number of rotatable bonds is 9. The molecule has 1 aliphatic rings. The first kappa shape index (κ1) is 14.8. The van der Waals surface area contributed by atoms with Crippen molar-refractivity contribution in [3.63, 3.8) is 0 Å². The van der Waals surface area contributed by atoms with Crippen LogP contribution in [0.25, 0.3) is 0 Å². The average molecular weight is 278 g/mol. The lowest BCUT2D eigenvalue weighted by molar-refractivity contribution is 0.0692. The van der Waals surface area contributed by atoms with E-state index in [0.717, 1.165) is 19.1 Å². The summed E-state index contributed by atoms with van der Waals surface area (Å²) in [6.07, 6.45) is 2.65. The van der Waals surface area contributed by atoms with E-state index in [0.29, 0.717) is 18.9 Å². The van der Waals surface area contributed by atoms with Gasteiger partial charge in [-0.05, 0) is 32.0 Å². The van der Waals surface area contributed by atoms with Crippen LogP contribution in [0.3, 0.4) is 0 Å². The van der Waals surface area contributed by atoms with Crippen molar-refractivity contribution < 1.29 is 14.6 Å². The number of benzene rings is 1. The summed E-state index contributed by atoms with van der Waals surface area (Å²) in [5.41, 5.74) is 0.209. The van der Waals surface area contributed by atoms with Gasteiger partial charge in [0.1, 0.15) is 17.9 Å². The second-order valence-electron chi connectivity index (χ2n) is 5.11. The molecule has 5 nitrogen and oxygen atoms in total. The van der Waals surface area contributed by atoms with Gasteiger partial charge < -0.3 is 20.1 Å². The van der Waals surface area contributed by atoms with Gasteiger partial charge >= 0.3 is 5.97 Å². The smallest absolute Gasteiger partial charge is 0.339 e. The van der Waals surface area contributed by atoms with Crippen molar-refractivity contribution in [3.05, 3.63) is 29.8 Å². The van der Waals surface area contributed by atoms with Crippen molar-refractivity contribution in [2.75, 3.05) is 33.3 Å². The van der Waals surface area contributed by atoms with Crippen LogP contribution in [-0.4, -0.2) is 55.3 Å². The molecule has 0 atom stereocenters. The molecule has 0 aromatic heterocycles. The van der Waals surface area contributed by atoms with Gasteiger partial charge in [0, 0.05) is 25.7 Å². The van der Waals surface area contributed by atoms with Crippen molar-refractivity contribution in [3.8, 4) is 5.75 Å². The van der Waals surface area contributed by atoms with Gasteiger partial charge in [-0.3, -0.25) is 0 Å². The maximum absolute atomic E-state index is 11.0. The Morgan fingerprint density at radius 2 is 2.15 bits per heavy atom. The molecule has 0 saturated heterocycles. The van der Waals surface area contributed by atoms with E-state index in [1.807, 2.05) is 0 Å². The number of likely N-dealkylation sites (N-methyl/N-ethyl adjacent to an activating group) is 1. The van der Waals surface area contributed by atoms with Crippen LogP contribution in [0.2, 0.25) is 0 Å². The Kier molecular flexibility index (Phi) is 5.38. The maximum Gasteiger partial charge on any atom is 0.339 e. The first-order valence-corrected chi connectivity index (χ1v) is 7.04. The van der Waals surface area contributed by atoms with E-state index in [1.165, 1.54) is 12.8 Å². The molecule has 0 heterocycles. The molecule has 2 rings (SSSR count). The highest BCUT2D eigenvalue weighted by Gasteiger charge is 2.25. The van der Waals surface area contributed by atoms with E-state index in [-0.39, 0.29) is 5.56 Å². The van der Waals surface area contributed by atoms with Gasteiger partial charge in [-0.1, -0.05) is 12.1 Å². The Balaban J connectivity index is 1.62. The minimum atomic E-state index is -0.959. The molecule has 1 aromatic rings. The molecule has 1 fully saturated rings. The molecule has 5 heteroatoms. The molecule has 0 spiro atoms. The number of carboxylic acid groups (broad SMARTS) is 1. The third-order valence-electron chi connectivity index (χ3n) is 3.47. The van der Waals surface area contributed by atoms with Crippen molar-refractivity contribution in [2.24, 2.45) is 0 Å². The van der Waals surface area contributed by atoms with Crippen molar-refractivity contribution in [1.29, 1.82) is 0 Å². The van der Waals surface area contributed by atoms with E-state index >= 15 is 0 Å². The summed E-state index contributed by atoms with van der Waals surface area (Å²) < 4.78 is 5.51. The Labute approximate surface area is 119 Å². The number of carbonyl (C=O) groups is 1. The molecule has 0 bridgehead atoms. The van der Waals surface area contributed by atoms with E-state index in [9.17, 15) is 4.79 Å². The minimum absolute atomic E-state index is 0.209. The molecule has 110 valence electrons. The number of nitrogens with zero attached hydrogens (tertiary/aromatic N) is 1. The highest BCUT2D eigenvalue weighted by molar-refractivity contribution is 5.90. The van der Waals surface area contributed by atoms with E-state index in [2.05, 4.69) is 17.3 Å². The summed E-state index contributed by atoms with van der Waals surface area (Å²) in [4.78, 5) is 13.4. The highest BCUT2D eigenvalue weighted by Crippen LogP contribution is 2.24. The van der Waals surface area contributed by atoms with Crippen LogP contribution in [0.15, 0.2) is 24.3 Å². The fourth-order valence-corrected chi connectivity index (χ4v) is 2.08. The fraction of sp³-hybridized carbons (Fsp3) is 0.533. The second-order valence-corrected chi connectivity index (χ2v) is 5.11. The molecule has 2 N–H and O–H groups in total. The summed E-state index contributed by atoms with van der Waals surface area (Å²) in [6.45, 7) is 3.15. The normalized spacial score (nSPS) is 14.5. The third kappa shape index (κ3) is 4.51. The van der Waals surface area contributed by atoms with Crippen LogP contribution in [0.1, 0.15) is 23.2 Å². The number of para-hydroxylation sites is 1. The third-order valence-corrected chi connectivity index (χ3v) is 3.47. The fourth-order valence-electron chi connectivity index (χ4n) is 2.08. The maximum atomic E-state index is 11.0. The van der Waals surface area contributed by atoms with Crippen molar-refractivity contribution in [2.45, 2.75) is 18.9 Å². The molecule has 0 radical (unpaired) electrons. The molecule has 1 saturated carbocycles. The molecular formula is C15H22N2O3. The summed E-state index contributed by atoms with van der Waals surface area (Å²) in [7, 11) is 2.15. The SMILES string of the molecule is CN(CCNCCOc1ccccc1C(=O)O)C1CC1. The van der Waals surface area contributed by atoms with Gasteiger partial charge in [-0.15, -0.1) is 0 Å². The molecule has 0 unspecified atom stereocenters. The van der Waals surface area contributed by atoms with Gasteiger partial charge in [0.25, 0.3) is 0 Å². The summed E-state index contributed by atoms with van der Waals surface area (Å²) >= 11 is 0. The predicted molar refractivity (Wildman–Crippen MR) is 77.4 cm³/mol. The molecule has 1 aromatic carbocycles. The van der Waals surface area contributed by atoms with Crippen LogP contribution >= 0.6 is 0 Å². The number of hydrogen-bond acceptors (Lipinski definition) is 4. The van der Waals surface area contributed by atoms with E-state index in [4.69, 9.17) is 9.84 Å². The van der Waals surface area contributed by atoms with Gasteiger partial charge in [0.15, 0.2) is 0 Å². The zero-order valence-corrected chi connectivity index (χ0v) is 11.8. The van der Waals surface area contributed by atoms with Crippen molar-refractivity contribution >= 4 is 5.97 Å². The number of aromatic carboxylic acids is 1. The Morgan fingerprint density at radius 1 is 1.40 bits per heavy atom. The summed E-state index contributed by atoms with van der Waals surface area (Å²) in [5, 5.41) is 12.3. The summed E-state index contributed by atoms with van der Waals surface area (Å²) in [5.74, 6) is -0.531. The lowest BCUT2D eigenvalue weighted by Gasteiger charge is -2.16. The predicted octanol–water partition coefficient (Wildman–Crippen LogP) is 1.45. The van der Waals surface area contributed by atoms with Gasteiger partial charge in [0.05, 0.1) is 0 Å². The zero-order chi connectivity index (χ0) is 14.4. The zero-order valence-electron chi connectivity index (χ0n) is 11.8. The van der Waals surface area contributed by atoms with E-state index < -0.39 is 5.97 Å². The second kappa shape index (κ2) is 7.26. The van der Waals surface area contributed by atoms with Crippen LogP contribution in [0, 0.1) is 0 Å². The minimum Gasteiger partial charge on any atom is -0.491 e. The quantitative estimate of drug-likeness (QED) is 0.669. The standard InChI is InChI=1S/C15H22N2O3/c1-17(12-6-7-12)10-8-16-9-11-20-14-5-3-2-4-13(14)15(18)19/h2-5,12,16H,6-11H2,1H3,(H,18,19). The van der Waals surface area contributed by atoms with Crippen LogP contribution in [0.5, 0.6) is 5.75 Å². The molecule has 20 heavy (non-hydrogen) atoms. The number of ether oxygens (including phenoxy) is 1. The Hall–Kier alpha value is -1.59. The first-order chi connectivity index (χ1) is 9.68. The number of carboxylic acids is 1. The highest BCUT2D eigenvalue weighted by atomic mass is 16.5. The average Bonchev–Trinajstić information content (AvgIpc) is 3.27. The lowest BCUT2D eigenvalue weighted by atomic mass is 10.2. The number of nitrogens with one attached hydrogen (secondary N) is 1. The van der Waals surface area contributed by atoms with Crippen LogP contribution < -0.4 is 10.1 Å². The Bertz CT molecular complexity index is 446. The molecule has 0 amide bonds. The van der Waals surface area contributed by atoms with Crippen LogP contribution in [0.4, 0.5) is 0 Å². The summed E-state index contributed by atoms with van der Waals surface area (Å²) in [6, 6.07) is 7.50. The molecular weight excluding hydrogens is 256 g/mol. The molecule has 0 aliphatic heterocycles. The molecule has 1 aliphatic carbocycles. The Morgan fingerprint density at radius 3 is 2.85 bits per heavy atom. The van der Waals surface area contributed by atoms with Crippen LogP contribution in [-0.2, 0) is 0 Å². The lowest BCUT2D eigenvalue weighted by Crippen LogP contribution is -2.32. The van der Waals surface area contributed by atoms with Gasteiger partial charge in [-0.2, -0.15) is 0 Å². The largest absolute Gasteiger partial charge is 0.491 e. The topological polar surface area (TPSA) is 61.8 Å². The van der Waals surface area contributed by atoms with E-state index in [1.54, 1.807) is 24.3 Å². The number of hydrogen-bond donors (Lipinski definition) is 2. The first-order valence-electron chi connectivity index (χ1n) is 7.04.